The average molecular weight is 299 g/mol. The first-order valence-corrected chi connectivity index (χ1v) is 6.89. The van der Waals surface area contributed by atoms with Crippen molar-refractivity contribution < 1.29 is 4.39 Å². The maximum Gasteiger partial charge on any atom is 0.126 e. The standard InChI is InChI=1S/C13H12BrFS/c1-9-7-10(4-5-13(9)15)12(14)8-11-3-2-6-16-11/h2-7,12H,8H2,1H3. The van der Waals surface area contributed by atoms with E-state index >= 15 is 0 Å². The van der Waals surface area contributed by atoms with Crippen molar-refractivity contribution in [3.8, 4) is 0 Å². The minimum absolute atomic E-state index is 0.139. The fourth-order valence-electron chi connectivity index (χ4n) is 1.59. The van der Waals surface area contributed by atoms with E-state index in [1.807, 2.05) is 12.1 Å². The zero-order valence-corrected chi connectivity index (χ0v) is 11.3. The van der Waals surface area contributed by atoms with Gasteiger partial charge in [-0.25, -0.2) is 4.39 Å². The number of benzene rings is 1. The predicted octanol–water partition coefficient (Wildman–Crippen LogP) is 4.87. The Hall–Kier alpha value is -0.670. The Morgan fingerprint density at radius 1 is 1.38 bits per heavy atom. The summed E-state index contributed by atoms with van der Waals surface area (Å²) >= 11 is 5.40. The molecule has 0 amide bonds. The molecule has 1 heterocycles. The molecule has 2 rings (SSSR count). The topological polar surface area (TPSA) is 0 Å². The smallest absolute Gasteiger partial charge is 0.126 e. The Morgan fingerprint density at radius 3 is 2.81 bits per heavy atom. The van der Waals surface area contributed by atoms with Crippen LogP contribution in [0.1, 0.15) is 20.8 Å². The summed E-state index contributed by atoms with van der Waals surface area (Å²) in [5.41, 5.74) is 1.83. The molecule has 1 unspecified atom stereocenters. The van der Waals surface area contributed by atoms with Crippen molar-refractivity contribution in [3.63, 3.8) is 0 Å². The highest BCUT2D eigenvalue weighted by molar-refractivity contribution is 9.09. The lowest BCUT2D eigenvalue weighted by atomic mass is 10.1. The van der Waals surface area contributed by atoms with E-state index in [1.165, 1.54) is 10.9 Å². The van der Waals surface area contributed by atoms with Crippen molar-refractivity contribution in [2.45, 2.75) is 18.2 Å². The van der Waals surface area contributed by atoms with E-state index in [9.17, 15) is 4.39 Å². The van der Waals surface area contributed by atoms with Crippen molar-refractivity contribution >= 4 is 27.3 Å². The molecule has 16 heavy (non-hydrogen) atoms. The van der Waals surface area contributed by atoms with Crippen LogP contribution in [0, 0.1) is 12.7 Å². The van der Waals surface area contributed by atoms with Crippen LogP contribution in [0.5, 0.6) is 0 Å². The lowest BCUT2D eigenvalue weighted by molar-refractivity contribution is 0.617. The molecule has 1 atom stereocenters. The van der Waals surface area contributed by atoms with Crippen LogP contribution in [0.2, 0.25) is 0 Å². The van der Waals surface area contributed by atoms with Crippen molar-refractivity contribution in [2.24, 2.45) is 0 Å². The monoisotopic (exact) mass is 298 g/mol. The molecule has 3 heteroatoms. The van der Waals surface area contributed by atoms with E-state index in [4.69, 9.17) is 0 Å². The van der Waals surface area contributed by atoms with Crippen LogP contribution < -0.4 is 0 Å². The molecule has 0 aliphatic rings. The normalized spacial score (nSPS) is 12.7. The van der Waals surface area contributed by atoms with E-state index in [2.05, 4.69) is 33.4 Å². The summed E-state index contributed by atoms with van der Waals surface area (Å²) < 4.78 is 13.1. The van der Waals surface area contributed by atoms with Crippen LogP contribution in [0.15, 0.2) is 35.7 Å². The SMILES string of the molecule is Cc1cc(C(Br)Cc2cccs2)ccc1F. The van der Waals surface area contributed by atoms with Gasteiger partial charge in [0.2, 0.25) is 0 Å². The van der Waals surface area contributed by atoms with E-state index in [0.717, 1.165) is 12.0 Å². The molecule has 0 N–H and O–H groups in total. The molecule has 0 nitrogen and oxygen atoms in total. The second-order valence-corrected chi connectivity index (χ2v) is 5.90. The van der Waals surface area contributed by atoms with Crippen molar-refractivity contribution in [2.75, 3.05) is 0 Å². The van der Waals surface area contributed by atoms with Gasteiger partial charge in [-0.05, 0) is 42.0 Å². The molecule has 84 valence electrons. The molecule has 0 aliphatic carbocycles. The third-order valence-electron chi connectivity index (χ3n) is 2.50. The number of halogens is 2. The van der Waals surface area contributed by atoms with Crippen molar-refractivity contribution in [1.82, 2.24) is 0 Å². The average Bonchev–Trinajstić information content (AvgIpc) is 2.74. The molecular formula is C13H12BrFS. The number of thiophene rings is 1. The molecule has 0 bridgehead atoms. The summed E-state index contributed by atoms with van der Waals surface area (Å²) in [6, 6.07) is 9.45. The highest BCUT2D eigenvalue weighted by atomic mass is 79.9. The van der Waals surface area contributed by atoms with Crippen LogP contribution >= 0.6 is 27.3 Å². The molecule has 1 aromatic carbocycles. The summed E-state index contributed by atoms with van der Waals surface area (Å²) in [6.07, 6.45) is 0.947. The highest BCUT2D eigenvalue weighted by Gasteiger charge is 2.10. The summed E-state index contributed by atoms with van der Waals surface area (Å²) in [6.45, 7) is 1.80. The molecule has 0 saturated carbocycles. The number of hydrogen-bond acceptors (Lipinski definition) is 1. The zero-order chi connectivity index (χ0) is 11.5. The number of alkyl halides is 1. The Kier molecular flexibility index (Phi) is 3.77. The summed E-state index contributed by atoms with van der Waals surface area (Å²) in [5.74, 6) is -0.139. The summed E-state index contributed by atoms with van der Waals surface area (Å²) in [7, 11) is 0. The van der Waals surface area contributed by atoms with Gasteiger partial charge in [0.15, 0.2) is 0 Å². The number of aryl methyl sites for hydroxylation is 1. The first-order valence-electron chi connectivity index (χ1n) is 5.09. The fraction of sp³-hybridized carbons (Fsp3) is 0.231. The number of hydrogen-bond donors (Lipinski definition) is 0. The van der Waals surface area contributed by atoms with E-state index < -0.39 is 0 Å². The van der Waals surface area contributed by atoms with Crippen LogP contribution in [0.3, 0.4) is 0 Å². The summed E-state index contributed by atoms with van der Waals surface area (Å²) in [5, 5.41) is 2.07. The van der Waals surface area contributed by atoms with Gasteiger partial charge in [0.25, 0.3) is 0 Å². The molecule has 0 fully saturated rings. The molecule has 2 aromatic rings. The first kappa shape index (κ1) is 11.8. The largest absolute Gasteiger partial charge is 0.207 e. The van der Waals surface area contributed by atoms with Gasteiger partial charge >= 0.3 is 0 Å². The van der Waals surface area contributed by atoms with Crippen LogP contribution in [0.4, 0.5) is 4.39 Å². The third-order valence-corrected chi connectivity index (χ3v) is 4.26. The minimum Gasteiger partial charge on any atom is -0.207 e. The van der Waals surface area contributed by atoms with Gasteiger partial charge in [0.05, 0.1) is 0 Å². The Balaban J connectivity index is 2.14. The zero-order valence-electron chi connectivity index (χ0n) is 8.91. The quantitative estimate of drug-likeness (QED) is 0.709. The van der Waals surface area contributed by atoms with Crippen LogP contribution in [0.25, 0.3) is 0 Å². The van der Waals surface area contributed by atoms with Gasteiger partial charge in [-0.1, -0.05) is 34.1 Å². The second kappa shape index (κ2) is 5.11. The molecule has 0 radical (unpaired) electrons. The van der Waals surface area contributed by atoms with Gasteiger partial charge in [-0.15, -0.1) is 11.3 Å². The van der Waals surface area contributed by atoms with Gasteiger partial charge in [0.1, 0.15) is 5.82 Å². The van der Waals surface area contributed by atoms with Crippen LogP contribution in [-0.2, 0) is 6.42 Å². The molecule has 0 aliphatic heterocycles. The van der Waals surface area contributed by atoms with Crippen LogP contribution in [-0.4, -0.2) is 0 Å². The third kappa shape index (κ3) is 2.71. The first-order chi connectivity index (χ1) is 7.66. The maximum absolute atomic E-state index is 13.1. The predicted molar refractivity (Wildman–Crippen MR) is 70.8 cm³/mol. The fourth-order valence-corrected chi connectivity index (χ4v) is 3.19. The van der Waals surface area contributed by atoms with E-state index in [1.54, 1.807) is 18.3 Å². The summed E-state index contributed by atoms with van der Waals surface area (Å²) in [4.78, 5) is 1.59. The molecular weight excluding hydrogens is 287 g/mol. The Morgan fingerprint density at radius 2 is 2.19 bits per heavy atom. The van der Waals surface area contributed by atoms with Gasteiger partial charge in [-0.2, -0.15) is 0 Å². The molecule has 0 spiro atoms. The van der Waals surface area contributed by atoms with E-state index in [-0.39, 0.29) is 10.6 Å². The Bertz CT molecular complexity index is 465. The number of rotatable bonds is 3. The van der Waals surface area contributed by atoms with Gasteiger partial charge in [0, 0.05) is 9.70 Å². The van der Waals surface area contributed by atoms with Gasteiger partial charge < -0.3 is 0 Å². The molecule has 1 aromatic heterocycles. The lowest BCUT2D eigenvalue weighted by Gasteiger charge is -2.10. The molecule has 0 saturated heterocycles. The lowest BCUT2D eigenvalue weighted by Crippen LogP contribution is -1.95. The van der Waals surface area contributed by atoms with E-state index in [0.29, 0.717) is 5.56 Å². The van der Waals surface area contributed by atoms with Gasteiger partial charge in [-0.3, -0.25) is 0 Å². The minimum atomic E-state index is -0.139. The second-order valence-electron chi connectivity index (χ2n) is 3.76. The maximum atomic E-state index is 13.1. The Labute approximate surface area is 107 Å². The van der Waals surface area contributed by atoms with Crippen molar-refractivity contribution in [3.05, 3.63) is 57.5 Å². The highest BCUT2D eigenvalue weighted by Crippen LogP contribution is 2.29. The van der Waals surface area contributed by atoms with Crippen molar-refractivity contribution in [1.29, 1.82) is 0 Å².